The van der Waals surface area contributed by atoms with Gasteiger partial charge in [0.1, 0.15) is 0 Å². The van der Waals surface area contributed by atoms with Gasteiger partial charge in [-0.25, -0.2) is 0 Å². The molecule has 0 aromatic heterocycles. The predicted molar refractivity (Wildman–Crippen MR) is 129 cm³/mol. The summed E-state index contributed by atoms with van der Waals surface area (Å²) >= 11 is 0. The first-order chi connectivity index (χ1) is 14.0. The summed E-state index contributed by atoms with van der Waals surface area (Å²) in [6.07, 6.45) is 11.8. The van der Waals surface area contributed by atoms with Gasteiger partial charge in [-0.1, -0.05) is 102 Å². The van der Waals surface area contributed by atoms with Gasteiger partial charge in [-0.15, -0.1) is 5.92 Å². The van der Waals surface area contributed by atoms with E-state index in [1.54, 1.807) is 0 Å². The first-order valence-corrected chi connectivity index (χ1v) is 10.2. The molecule has 0 radical (unpaired) electrons. The molecule has 3 rings (SSSR count). The second-order valence-electron chi connectivity index (χ2n) is 7.56. The Morgan fingerprint density at radius 1 is 0.931 bits per heavy atom. The van der Waals surface area contributed by atoms with Crippen molar-refractivity contribution < 1.29 is 0 Å². The van der Waals surface area contributed by atoms with Gasteiger partial charge in [-0.3, -0.25) is 0 Å². The van der Waals surface area contributed by atoms with Crippen molar-refractivity contribution >= 4 is 11.1 Å². The van der Waals surface area contributed by atoms with Crippen molar-refractivity contribution in [3.8, 4) is 11.8 Å². The van der Waals surface area contributed by atoms with Crippen LogP contribution in [0.4, 0.5) is 0 Å². The molecular weight excluding hydrogens is 348 g/mol. The van der Waals surface area contributed by atoms with E-state index < -0.39 is 0 Å². The van der Waals surface area contributed by atoms with Gasteiger partial charge in [-0.05, 0) is 63.3 Å². The second kappa shape index (κ2) is 11.7. The molecule has 2 aromatic rings. The summed E-state index contributed by atoms with van der Waals surface area (Å²) in [5.74, 6) is 6.66. The summed E-state index contributed by atoms with van der Waals surface area (Å²) in [5.41, 5.74) is 7.87. The number of allylic oxidation sites excluding steroid dienone is 8. The molecule has 2 aromatic carbocycles. The van der Waals surface area contributed by atoms with E-state index in [1.165, 1.54) is 33.4 Å². The third-order valence-electron chi connectivity index (χ3n) is 4.76. The van der Waals surface area contributed by atoms with Crippen LogP contribution in [0, 0.1) is 24.7 Å². The zero-order valence-electron chi connectivity index (χ0n) is 18.4. The van der Waals surface area contributed by atoms with Crippen LogP contribution in [0.5, 0.6) is 0 Å². The van der Waals surface area contributed by atoms with Crippen molar-refractivity contribution in [2.75, 3.05) is 0 Å². The summed E-state index contributed by atoms with van der Waals surface area (Å²) in [5, 5.41) is 0. The third kappa shape index (κ3) is 7.47. The molecule has 0 heterocycles. The maximum atomic E-state index is 3.28. The molecule has 1 aliphatic carbocycles. The summed E-state index contributed by atoms with van der Waals surface area (Å²) in [4.78, 5) is 0. The highest BCUT2D eigenvalue weighted by atomic mass is 14.2. The van der Waals surface area contributed by atoms with Crippen LogP contribution >= 0.6 is 0 Å². The Kier molecular flexibility index (Phi) is 9.00. The number of aryl methyl sites for hydroxylation is 1. The second-order valence-corrected chi connectivity index (χ2v) is 7.56. The van der Waals surface area contributed by atoms with Crippen molar-refractivity contribution in [1.82, 2.24) is 0 Å². The highest BCUT2D eigenvalue weighted by Gasteiger charge is 2.14. The van der Waals surface area contributed by atoms with E-state index in [2.05, 4.69) is 118 Å². The summed E-state index contributed by atoms with van der Waals surface area (Å²) in [6.45, 7) is 10.4. The standard InChI is InChI=1S/C16H16.C13H16/c1-3-6-14-7-4-5-8-16(14)15-11-9-13(2)10-12-15;1-11(2)9-10-12(3)13-7-5-4-6-8-13/h4-5,8-12,14H,7H2,1-2H3;4-10H,1-3H3/b;12-10+. The number of hydrogen-bond donors (Lipinski definition) is 0. The van der Waals surface area contributed by atoms with E-state index >= 15 is 0 Å². The Labute approximate surface area is 177 Å². The molecule has 0 amide bonds. The SMILES string of the molecule is CC#CC1CC=CC=C1c1ccc(C)cc1.CC(C)=C/C=C(\C)c1ccccc1. The van der Waals surface area contributed by atoms with Crippen LogP contribution < -0.4 is 0 Å². The zero-order valence-corrected chi connectivity index (χ0v) is 18.4. The molecule has 0 nitrogen and oxygen atoms in total. The molecule has 1 unspecified atom stereocenters. The maximum absolute atomic E-state index is 3.28. The monoisotopic (exact) mass is 380 g/mol. The molecular formula is C29H32. The molecule has 0 bridgehead atoms. The summed E-state index contributed by atoms with van der Waals surface area (Å²) in [7, 11) is 0. The van der Waals surface area contributed by atoms with Crippen molar-refractivity contribution in [2.24, 2.45) is 5.92 Å². The average molecular weight is 381 g/mol. The molecule has 0 spiro atoms. The molecule has 0 heteroatoms. The minimum atomic E-state index is 0.359. The molecule has 148 valence electrons. The van der Waals surface area contributed by atoms with Crippen molar-refractivity contribution in [1.29, 1.82) is 0 Å². The maximum Gasteiger partial charge on any atom is 0.0492 e. The van der Waals surface area contributed by atoms with Gasteiger partial charge in [0.2, 0.25) is 0 Å². The van der Waals surface area contributed by atoms with Crippen molar-refractivity contribution in [3.63, 3.8) is 0 Å². The fraction of sp³-hybridized carbons (Fsp3) is 0.241. The van der Waals surface area contributed by atoms with Crippen LogP contribution in [0.2, 0.25) is 0 Å². The minimum Gasteiger partial charge on any atom is -0.106 e. The quantitative estimate of drug-likeness (QED) is 0.373. The Bertz CT molecular complexity index is 948. The van der Waals surface area contributed by atoms with Crippen molar-refractivity contribution in [2.45, 2.75) is 41.0 Å². The molecule has 0 fully saturated rings. The van der Waals surface area contributed by atoms with E-state index in [4.69, 9.17) is 0 Å². The number of benzene rings is 2. The van der Waals surface area contributed by atoms with Gasteiger partial charge in [0.15, 0.2) is 0 Å². The first kappa shape index (κ1) is 22.3. The van der Waals surface area contributed by atoms with Crippen LogP contribution in [-0.4, -0.2) is 0 Å². The number of hydrogen-bond acceptors (Lipinski definition) is 0. The van der Waals surface area contributed by atoms with Gasteiger partial charge in [0.05, 0.1) is 0 Å². The lowest BCUT2D eigenvalue weighted by atomic mass is 9.87. The van der Waals surface area contributed by atoms with E-state index in [9.17, 15) is 0 Å². The summed E-state index contributed by atoms with van der Waals surface area (Å²) in [6, 6.07) is 19.1. The molecule has 1 atom stereocenters. The fourth-order valence-corrected chi connectivity index (χ4v) is 3.07. The Morgan fingerprint density at radius 2 is 1.62 bits per heavy atom. The largest absolute Gasteiger partial charge is 0.106 e. The lowest BCUT2D eigenvalue weighted by molar-refractivity contribution is 0.874. The van der Waals surface area contributed by atoms with Gasteiger partial charge in [0.25, 0.3) is 0 Å². The smallest absolute Gasteiger partial charge is 0.0492 e. The third-order valence-corrected chi connectivity index (χ3v) is 4.76. The van der Waals surface area contributed by atoms with Crippen LogP contribution in [0.15, 0.2) is 90.6 Å². The normalized spacial score (nSPS) is 15.3. The zero-order chi connectivity index (χ0) is 21.1. The molecule has 1 aliphatic rings. The lowest BCUT2D eigenvalue weighted by Crippen LogP contribution is -2.02. The molecule has 0 saturated carbocycles. The molecule has 29 heavy (non-hydrogen) atoms. The van der Waals surface area contributed by atoms with E-state index in [0.717, 1.165) is 6.42 Å². The molecule has 0 saturated heterocycles. The van der Waals surface area contributed by atoms with Crippen LogP contribution in [0.3, 0.4) is 0 Å². The van der Waals surface area contributed by atoms with Gasteiger partial charge < -0.3 is 0 Å². The molecule has 0 aliphatic heterocycles. The topological polar surface area (TPSA) is 0 Å². The lowest BCUT2D eigenvalue weighted by Gasteiger charge is -2.16. The average Bonchev–Trinajstić information content (AvgIpc) is 2.74. The van der Waals surface area contributed by atoms with Gasteiger partial charge >= 0.3 is 0 Å². The van der Waals surface area contributed by atoms with Crippen LogP contribution in [0.25, 0.3) is 11.1 Å². The first-order valence-electron chi connectivity index (χ1n) is 10.2. The predicted octanol–water partition coefficient (Wildman–Crippen LogP) is 8.03. The number of rotatable bonds is 3. The van der Waals surface area contributed by atoms with Crippen LogP contribution in [0.1, 0.15) is 50.8 Å². The molecule has 0 N–H and O–H groups in total. The van der Waals surface area contributed by atoms with E-state index in [-0.39, 0.29) is 0 Å². The van der Waals surface area contributed by atoms with E-state index in [0.29, 0.717) is 5.92 Å². The van der Waals surface area contributed by atoms with Crippen LogP contribution in [-0.2, 0) is 0 Å². The fourth-order valence-electron chi connectivity index (χ4n) is 3.07. The van der Waals surface area contributed by atoms with E-state index in [1.807, 2.05) is 13.0 Å². The van der Waals surface area contributed by atoms with Gasteiger partial charge in [0, 0.05) is 5.92 Å². The Hall–Kier alpha value is -3.04. The van der Waals surface area contributed by atoms with Gasteiger partial charge in [-0.2, -0.15) is 0 Å². The van der Waals surface area contributed by atoms with Crippen molar-refractivity contribution in [3.05, 3.63) is 107 Å². The Morgan fingerprint density at radius 3 is 2.24 bits per heavy atom. The highest BCUT2D eigenvalue weighted by molar-refractivity contribution is 5.72. The Balaban J connectivity index is 0.000000212. The minimum absolute atomic E-state index is 0.359. The summed E-state index contributed by atoms with van der Waals surface area (Å²) < 4.78 is 0. The highest BCUT2D eigenvalue weighted by Crippen LogP contribution is 2.29.